The molecule has 0 aliphatic carbocycles. The van der Waals surface area contributed by atoms with E-state index in [9.17, 15) is 14.7 Å². The van der Waals surface area contributed by atoms with Gasteiger partial charge in [-0.1, -0.05) is 105 Å². The van der Waals surface area contributed by atoms with Gasteiger partial charge in [-0.2, -0.15) is 0 Å². The van der Waals surface area contributed by atoms with Crippen LogP contribution in [-0.4, -0.2) is 22.2 Å². The molecule has 4 heteroatoms. The number of carbonyl (C=O) groups is 2. The summed E-state index contributed by atoms with van der Waals surface area (Å²) in [5.41, 5.74) is 2.89. The van der Waals surface area contributed by atoms with Gasteiger partial charge >= 0.3 is 11.9 Å². The molecule has 0 fully saturated rings. The molecule has 2 rings (SSSR count). The van der Waals surface area contributed by atoms with Crippen LogP contribution in [0.25, 0.3) is 0 Å². The first-order valence-electron chi connectivity index (χ1n) is 11.5. The Balaban J connectivity index is 1.98. The zero-order chi connectivity index (χ0) is 22.7. The number of benzene rings is 2. The van der Waals surface area contributed by atoms with Gasteiger partial charge in [0.25, 0.3) is 0 Å². The largest absolute Gasteiger partial charge is 0.481 e. The Morgan fingerprint density at radius 1 is 0.645 bits per heavy atom. The highest BCUT2D eigenvalue weighted by atomic mass is 16.4. The lowest BCUT2D eigenvalue weighted by Gasteiger charge is -2.31. The maximum absolute atomic E-state index is 12.7. The van der Waals surface area contributed by atoms with E-state index in [0.717, 1.165) is 73.6 Å². The molecular formula is C27H36O4. The number of carboxylic acids is 2. The summed E-state index contributed by atoms with van der Waals surface area (Å²) < 4.78 is 0. The summed E-state index contributed by atoms with van der Waals surface area (Å²) >= 11 is 0. The van der Waals surface area contributed by atoms with Crippen molar-refractivity contribution in [2.24, 2.45) is 0 Å². The van der Waals surface area contributed by atoms with Gasteiger partial charge in [0.2, 0.25) is 0 Å². The lowest BCUT2D eigenvalue weighted by Crippen LogP contribution is -2.37. The Morgan fingerprint density at radius 2 is 1.03 bits per heavy atom. The molecule has 0 saturated heterocycles. The molecule has 2 N–H and O–H groups in total. The monoisotopic (exact) mass is 424 g/mol. The summed E-state index contributed by atoms with van der Waals surface area (Å²) in [6.07, 6.45) is 8.79. The smallest absolute Gasteiger partial charge is 0.318 e. The molecule has 168 valence electrons. The third-order valence-corrected chi connectivity index (χ3v) is 6.15. The van der Waals surface area contributed by atoms with Crippen molar-refractivity contribution < 1.29 is 19.8 Å². The van der Waals surface area contributed by atoms with Gasteiger partial charge in [0, 0.05) is 6.42 Å². The van der Waals surface area contributed by atoms with Gasteiger partial charge in [-0.25, -0.2) is 0 Å². The molecule has 2 aromatic rings. The molecule has 0 aliphatic heterocycles. The van der Waals surface area contributed by atoms with Gasteiger partial charge in [0.1, 0.15) is 5.41 Å². The summed E-state index contributed by atoms with van der Waals surface area (Å²) in [5.74, 6) is -1.51. The number of carboxylic acid groups (broad SMARTS) is 2. The topological polar surface area (TPSA) is 74.6 Å². The van der Waals surface area contributed by atoms with E-state index < -0.39 is 17.4 Å². The van der Waals surface area contributed by atoms with E-state index >= 15 is 0 Å². The van der Waals surface area contributed by atoms with Crippen LogP contribution in [0.3, 0.4) is 0 Å². The highest BCUT2D eigenvalue weighted by Gasteiger charge is 2.41. The normalized spacial score (nSPS) is 11.4. The van der Waals surface area contributed by atoms with E-state index in [1.165, 1.54) is 0 Å². The maximum atomic E-state index is 12.7. The molecule has 4 nitrogen and oxygen atoms in total. The molecule has 2 aromatic carbocycles. The van der Waals surface area contributed by atoms with Crippen molar-refractivity contribution in [3.63, 3.8) is 0 Å². The summed E-state index contributed by atoms with van der Waals surface area (Å²) in [5, 5.41) is 19.1. The SMILES string of the molecule is Cc1ccc(C(CCCCCCCCCCC(=O)O)(C(=O)O)c2ccc(C)cc2)cc1. The second-order valence-corrected chi connectivity index (χ2v) is 8.66. The van der Waals surface area contributed by atoms with Gasteiger partial charge in [0.15, 0.2) is 0 Å². The van der Waals surface area contributed by atoms with Crippen LogP contribution in [-0.2, 0) is 15.0 Å². The van der Waals surface area contributed by atoms with Crippen molar-refractivity contribution in [1.29, 1.82) is 0 Å². The number of rotatable bonds is 14. The van der Waals surface area contributed by atoms with Crippen molar-refractivity contribution in [2.45, 2.75) is 83.5 Å². The van der Waals surface area contributed by atoms with Crippen LogP contribution in [0, 0.1) is 13.8 Å². The third-order valence-electron chi connectivity index (χ3n) is 6.15. The number of unbranched alkanes of at least 4 members (excludes halogenated alkanes) is 7. The van der Waals surface area contributed by atoms with Crippen LogP contribution in [0.4, 0.5) is 0 Å². The Morgan fingerprint density at radius 3 is 1.42 bits per heavy atom. The Bertz CT molecular complexity index is 776. The second kappa shape index (κ2) is 12.3. The highest BCUT2D eigenvalue weighted by Crippen LogP contribution is 2.38. The highest BCUT2D eigenvalue weighted by molar-refractivity contribution is 5.86. The van der Waals surface area contributed by atoms with E-state index in [1.807, 2.05) is 62.4 Å². The lowest BCUT2D eigenvalue weighted by molar-refractivity contribution is -0.142. The molecular weight excluding hydrogens is 388 g/mol. The predicted octanol–water partition coefficient (Wildman–Crippen LogP) is 6.66. The molecule has 0 amide bonds. The summed E-state index contributed by atoms with van der Waals surface area (Å²) in [7, 11) is 0. The van der Waals surface area contributed by atoms with Crippen molar-refractivity contribution in [3.05, 3.63) is 70.8 Å². The zero-order valence-electron chi connectivity index (χ0n) is 18.9. The summed E-state index contributed by atoms with van der Waals surface area (Å²) in [4.78, 5) is 23.2. The number of hydrogen-bond donors (Lipinski definition) is 2. The minimum absolute atomic E-state index is 0.259. The number of aryl methyl sites for hydroxylation is 2. The van der Waals surface area contributed by atoms with E-state index in [0.29, 0.717) is 6.42 Å². The molecule has 0 bridgehead atoms. The predicted molar refractivity (Wildman–Crippen MR) is 125 cm³/mol. The van der Waals surface area contributed by atoms with Crippen LogP contribution in [0.2, 0.25) is 0 Å². The zero-order valence-corrected chi connectivity index (χ0v) is 18.9. The van der Waals surface area contributed by atoms with E-state index in [2.05, 4.69) is 0 Å². The van der Waals surface area contributed by atoms with Crippen molar-refractivity contribution in [1.82, 2.24) is 0 Å². The molecule has 0 atom stereocenters. The van der Waals surface area contributed by atoms with Gasteiger partial charge < -0.3 is 10.2 Å². The fourth-order valence-corrected chi connectivity index (χ4v) is 4.21. The first kappa shape index (κ1) is 24.6. The molecule has 0 unspecified atom stereocenters. The van der Waals surface area contributed by atoms with Gasteiger partial charge in [-0.3, -0.25) is 9.59 Å². The van der Waals surface area contributed by atoms with Gasteiger partial charge in [0.05, 0.1) is 0 Å². The molecule has 0 saturated carbocycles. The first-order chi connectivity index (χ1) is 14.9. The Labute approximate surface area is 186 Å². The van der Waals surface area contributed by atoms with Crippen LogP contribution in [0.1, 0.15) is 86.5 Å². The van der Waals surface area contributed by atoms with Crippen molar-refractivity contribution in [3.8, 4) is 0 Å². The minimum atomic E-state index is -1.03. The molecule has 0 radical (unpaired) electrons. The van der Waals surface area contributed by atoms with Crippen LogP contribution < -0.4 is 0 Å². The van der Waals surface area contributed by atoms with Crippen LogP contribution >= 0.6 is 0 Å². The Hall–Kier alpha value is -2.62. The van der Waals surface area contributed by atoms with Gasteiger partial charge in [-0.05, 0) is 37.8 Å². The van der Waals surface area contributed by atoms with Crippen LogP contribution in [0.15, 0.2) is 48.5 Å². The van der Waals surface area contributed by atoms with Crippen LogP contribution in [0.5, 0.6) is 0 Å². The van der Waals surface area contributed by atoms with E-state index in [1.54, 1.807) is 0 Å². The van der Waals surface area contributed by atoms with Crippen molar-refractivity contribution >= 4 is 11.9 Å². The average molecular weight is 425 g/mol. The quantitative estimate of drug-likeness (QED) is 0.333. The standard InChI is InChI=1S/C27H36O4/c1-21-12-16-23(17-13-21)27(26(30)31,24-18-14-22(2)15-19-24)20-10-8-6-4-3-5-7-9-11-25(28)29/h12-19H,3-11,20H2,1-2H3,(H,28,29)(H,30,31). The van der Waals surface area contributed by atoms with E-state index in [4.69, 9.17) is 5.11 Å². The number of hydrogen-bond acceptors (Lipinski definition) is 2. The second-order valence-electron chi connectivity index (χ2n) is 8.66. The average Bonchev–Trinajstić information content (AvgIpc) is 2.73. The third kappa shape index (κ3) is 7.23. The summed E-state index contributed by atoms with van der Waals surface area (Å²) in [6.45, 7) is 4.03. The minimum Gasteiger partial charge on any atom is -0.481 e. The molecule has 0 spiro atoms. The maximum Gasteiger partial charge on any atom is 0.318 e. The Kier molecular flexibility index (Phi) is 9.77. The molecule has 0 heterocycles. The molecule has 0 aliphatic rings. The lowest BCUT2D eigenvalue weighted by atomic mass is 9.70. The molecule has 31 heavy (non-hydrogen) atoms. The number of aliphatic carboxylic acids is 2. The molecule has 0 aromatic heterocycles. The summed E-state index contributed by atoms with van der Waals surface area (Å²) in [6, 6.07) is 15.8. The van der Waals surface area contributed by atoms with E-state index in [-0.39, 0.29) is 6.42 Å². The fourth-order valence-electron chi connectivity index (χ4n) is 4.21. The first-order valence-corrected chi connectivity index (χ1v) is 11.5. The van der Waals surface area contributed by atoms with Gasteiger partial charge in [-0.15, -0.1) is 0 Å². The van der Waals surface area contributed by atoms with Crippen molar-refractivity contribution in [2.75, 3.05) is 0 Å². The fraction of sp³-hybridized carbons (Fsp3) is 0.481.